The lowest BCUT2D eigenvalue weighted by molar-refractivity contribution is 0.0990. The van der Waals surface area contributed by atoms with Crippen LogP contribution in [-0.2, 0) is 13.2 Å². The molecule has 0 bridgehead atoms. The van der Waals surface area contributed by atoms with Gasteiger partial charge in [0.15, 0.2) is 0 Å². The number of halogens is 3. The van der Waals surface area contributed by atoms with Crippen molar-refractivity contribution in [2.24, 2.45) is 5.73 Å². The smallest absolute Gasteiger partial charge is 0.286 e. The molecular weight excluding hydrogens is 450 g/mol. The van der Waals surface area contributed by atoms with Crippen LogP contribution in [0.15, 0.2) is 45.8 Å². The van der Waals surface area contributed by atoms with Crippen molar-refractivity contribution < 1.29 is 18.3 Å². The summed E-state index contributed by atoms with van der Waals surface area (Å²) in [7, 11) is 0. The number of ether oxygens (including phenoxy) is 1. The fraction of sp³-hybridized carbons (Fsp3) is 0.158. The minimum atomic E-state index is -0.770. The maximum Gasteiger partial charge on any atom is 0.286 e. The van der Waals surface area contributed by atoms with Gasteiger partial charge in [0.25, 0.3) is 11.5 Å². The van der Waals surface area contributed by atoms with E-state index in [2.05, 4.69) is 25.9 Å². The molecule has 0 aliphatic carbocycles. The molecule has 1 amide bonds. The number of carbonyl (C=O) groups excluding carboxylic acids is 1. The highest BCUT2D eigenvalue weighted by molar-refractivity contribution is 9.10. The van der Waals surface area contributed by atoms with Crippen LogP contribution in [0.4, 0.5) is 8.78 Å². The van der Waals surface area contributed by atoms with Crippen molar-refractivity contribution >= 4 is 21.8 Å². The molecule has 0 aliphatic rings. The van der Waals surface area contributed by atoms with E-state index in [1.54, 1.807) is 19.1 Å². The van der Waals surface area contributed by atoms with Crippen molar-refractivity contribution in [3.8, 4) is 5.75 Å². The second kappa shape index (κ2) is 8.48. The standard InChI is InChI=1S/C19H15BrF2N4O3/c1-10-6-15(29-9-11-2-3-12(21)7-14(11)22)16(20)19(28)26(10)8-13-4-5-24-18(25-13)17(23)27/h2-7H,8-9H2,1H3,(H2,23,27). The number of aryl methyl sites for hydroxylation is 1. The number of amides is 1. The first-order chi connectivity index (χ1) is 13.8. The van der Waals surface area contributed by atoms with Gasteiger partial charge in [0.05, 0.1) is 12.2 Å². The zero-order valence-corrected chi connectivity index (χ0v) is 16.7. The van der Waals surface area contributed by atoms with Gasteiger partial charge in [-0.05, 0) is 41.1 Å². The average Bonchev–Trinajstić information content (AvgIpc) is 2.68. The van der Waals surface area contributed by atoms with Crippen molar-refractivity contribution in [3.05, 3.63) is 85.8 Å². The minimum absolute atomic E-state index is 0.0823. The molecule has 0 atom stereocenters. The first-order valence-corrected chi connectivity index (χ1v) is 9.14. The SMILES string of the molecule is Cc1cc(OCc2ccc(F)cc2F)c(Br)c(=O)n1Cc1ccnc(C(N)=O)n1. The summed E-state index contributed by atoms with van der Waals surface area (Å²) in [4.78, 5) is 31.8. The molecule has 0 fully saturated rings. The van der Waals surface area contributed by atoms with E-state index in [-0.39, 0.29) is 34.8 Å². The molecule has 0 radical (unpaired) electrons. The lowest BCUT2D eigenvalue weighted by Gasteiger charge is -2.14. The molecule has 0 spiro atoms. The van der Waals surface area contributed by atoms with Crippen molar-refractivity contribution in [2.45, 2.75) is 20.1 Å². The molecule has 1 aromatic carbocycles. The first kappa shape index (κ1) is 20.6. The second-order valence-electron chi connectivity index (χ2n) is 6.12. The lowest BCUT2D eigenvalue weighted by Crippen LogP contribution is -2.25. The number of hydrogen-bond donors (Lipinski definition) is 1. The third-order valence-electron chi connectivity index (χ3n) is 4.07. The minimum Gasteiger partial charge on any atom is -0.487 e. The molecule has 0 saturated carbocycles. The number of primary amides is 1. The van der Waals surface area contributed by atoms with Gasteiger partial charge >= 0.3 is 0 Å². The number of nitrogens with zero attached hydrogens (tertiary/aromatic N) is 3. The summed E-state index contributed by atoms with van der Waals surface area (Å²) in [6.45, 7) is 1.59. The quantitative estimate of drug-likeness (QED) is 0.604. The lowest BCUT2D eigenvalue weighted by atomic mass is 10.2. The van der Waals surface area contributed by atoms with Crippen molar-refractivity contribution in [1.29, 1.82) is 0 Å². The van der Waals surface area contributed by atoms with Crippen LogP contribution in [0.3, 0.4) is 0 Å². The molecule has 2 N–H and O–H groups in total. The van der Waals surface area contributed by atoms with Gasteiger partial charge in [0, 0.05) is 29.6 Å². The molecule has 0 saturated heterocycles. The number of hydrogen-bond acceptors (Lipinski definition) is 5. The zero-order valence-electron chi connectivity index (χ0n) is 15.2. The predicted octanol–water partition coefficient (Wildman–Crippen LogP) is 2.71. The molecule has 29 heavy (non-hydrogen) atoms. The van der Waals surface area contributed by atoms with E-state index < -0.39 is 23.1 Å². The van der Waals surface area contributed by atoms with E-state index >= 15 is 0 Å². The fourth-order valence-corrected chi connectivity index (χ4v) is 3.02. The van der Waals surface area contributed by atoms with Crippen molar-refractivity contribution in [3.63, 3.8) is 0 Å². The Balaban J connectivity index is 1.85. The summed E-state index contributed by atoms with van der Waals surface area (Å²) in [5.74, 6) is -2.12. The van der Waals surface area contributed by atoms with Crippen LogP contribution in [0, 0.1) is 18.6 Å². The molecule has 3 aromatic rings. The topological polar surface area (TPSA) is 100 Å². The van der Waals surface area contributed by atoms with Crippen LogP contribution in [0.25, 0.3) is 0 Å². The predicted molar refractivity (Wildman–Crippen MR) is 103 cm³/mol. The molecule has 150 valence electrons. The molecular formula is C19H15BrF2N4O3. The van der Waals surface area contributed by atoms with Crippen molar-refractivity contribution in [1.82, 2.24) is 14.5 Å². The summed E-state index contributed by atoms with van der Waals surface area (Å²) in [5.41, 5.74) is 5.90. The maximum atomic E-state index is 13.8. The molecule has 3 rings (SSSR count). The van der Waals surface area contributed by atoms with Gasteiger partial charge in [-0.15, -0.1) is 0 Å². The first-order valence-electron chi connectivity index (χ1n) is 8.34. The molecule has 0 aliphatic heterocycles. The highest BCUT2D eigenvalue weighted by Crippen LogP contribution is 2.24. The van der Waals surface area contributed by atoms with Gasteiger partial charge in [-0.25, -0.2) is 18.7 Å². The molecule has 2 aromatic heterocycles. The van der Waals surface area contributed by atoms with Gasteiger partial charge in [0.2, 0.25) is 5.82 Å². The highest BCUT2D eigenvalue weighted by Gasteiger charge is 2.15. The number of nitrogens with two attached hydrogens (primary N) is 1. The van der Waals surface area contributed by atoms with Gasteiger partial charge in [-0.2, -0.15) is 0 Å². The Morgan fingerprint density at radius 3 is 2.72 bits per heavy atom. The Hall–Kier alpha value is -3.14. The Kier molecular flexibility index (Phi) is 6.02. The van der Waals surface area contributed by atoms with Crippen LogP contribution in [-0.4, -0.2) is 20.4 Å². The summed E-state index contributed by atoms with van der Waals surface area (Å²) < 4.78 is 33.9. The average molecular weight is 465 g/mol. The zero-order chi connectivity index (χ0) is 21.1. The summed E-state index contributed by atoms with van der Waals surface area (Å²) in [6.07, 6.45) is 1.38. The Morgan fingerprint density at radius 1 is 1.28 bits per heavy atom. The van der Waals surface area contributed by atoms with E-state index in [0.717, 1.165) is 12.1 Å². The van der Waals surface area contributed by atoms with E-state index in [9.17, 15) is 18.4 Å². The Morgan fingerprint density at radius 2 is 2.03 bits per heavy atom. The summed E-state index contributed by atoms with van der Waals surface area (Å²) in [5, 5.41) is 0. The molecule has 0 unspecified atom stereocenters. The normalized spacial score (nSPS) is 10.8. The van der Waals surface area contributed by atoms with E-state index in [1.165, 1.54) is 16.8 Å². The van der Waals surface area contributed by atoms with Crippen LogP contribution in [0.5, 0.6) is 5.75 Å². The Bertz CT molecular complexity index is 1150. The third kappa shape index (κ3) is 4.65. The number of aromatic nitrogens is 3. The summed E-state index contributed by atoms with van der Waals surface area (Å²) >= 11 is 3.20. The van der Waals surface area contributed by atoms with Crippen LogP contribution in [0.2, 0.25) is 0 Å². The van der Waals surface area contributed by atoms with Gasteiger partial charge in [-0.1, -0.05) is 0 Å². The fourth-order valence-electron chi connectivity index (χ4n) is 2.58. The largest absolute Gasteiger partial charge is 0.487 e. The second-order valence-corrected chi connectivity index (χ2v) is 6.91. The van der Waals surface area contributed by atoms with E-state index in [1.807, 2.05) is 0 Å². The van der Waals surface area contributed by atoms with Crippen LogP contribution in [0.1, 0.15) is 27.6 Å². The van der Waals surface area contributed by atoms with E-state index in [4.69, 9.17) is 10.5 Å². The van der Waals surface area contributed by atoms with Crippen LogP contribution >= 0.6 is 15.9 Å². The van der Waals surface area contributed by atoms with Gasteiger partial charge in [-0.3, -0.25) is 9.59 Å². The van der Waals surface area contributed by atoms with Gasteiger partial charge < -0.3 is 15.0 Å². The monoisotopic (exact) mass is 464 g/mol. The maximum absolute atomic E-state index is 13.8. The van der Waals surface area contributed by atoms with Crippen LogP contribution < -0.4 is 16.0 Å². The third-order valence-corrected chi connectivity index (χ3v) is 4.80. The van der Waals surface area contributed by atoms with E-state index in [0.29, 0.717) is 11.4 Å². The molecule has 2 heterocycles. The number of pyridine rings is 1. The number of benzene rings is 1. The van der Waals surface area contributed by atoms with Gasteiger partial charge in [0.1, 0.15) is 28.5 Å². The number of rotatable bonds is 6. The van der Waals surface area contributed by atoms with Crippen molar-refractivity contribution in [2.75, 3.05) is 0 Å². The highest BCUT2D eigenvalue weighted by atomic mass is 79.9. The number of carbonyl (C=O) groups is 1. The summed E-state index contributed by atoms with van der Waals surface area (Å²) in [6, 6.07) is 6.33. The molecule has 7 nitrogen and oxygen atoms in total. The Labute approximate surface area is 172 Å². The molecule has 10 heteroatoms.